The van der Waals surface area contributed by atoms with Crippen molar-refractivity contribution in [2.24, 2.45) is 17.3 Å². The van der Waals surface area contributed by atoms with Gasteiger partial charge in [-0.3, -0.25) is 14.4 Å². The molecular weight excluding hydrogens is 344 g/mol. The number of carboxylic acids is 1. The van der Waals surface area contributed by atoms with Gasteiger partial charge in [-0.05, 0) is 36.8 Å². The zero-order chi connectivity index (χ0) is 19.6. The lowest BCUT2D eigenvalue weighted by Gasteiger charge is -2.29. The van der Waals surface area contributed by atoms with Gasteiger partial charge in [0.25, 0.3) is 5.91 Å². The van der Waals surface area contributed by atoms with E-state index in [-0.39, 0.29) is 30.2 Å². The number of carbonyl (C=O) groups excluding carboxylic acids is 2. The first-order valence-corrected chi connectivity index (χ1v) is 9.77. The van der Waals surface area contributed by atoms with Crippen molar-refractivity contribution in [2.45, 2.75) is 45.6 Å². The molecule has 27 heavy (non-hydrogen) atoms. The van der Waals surface area contributed by atoms with Crippen molar-refractivity contribution in [2.75, 3.05) is 13.1 Å². The third kappa shape index (κ3) is 3.57. The first-order chi connectivity index (χ1) is 12.9. The van der Waals surface area contributed by atoms with Gasteiger partial charge >= 0.3 is 5.97 Å². The van der Waals surface area contributed by atoms with Crippen LogP contribution < -0.4 is 5.32 Å². The van der Waals surface area contributed by atoms with Gasteiger partial charge in [0.05, 0.1) is 5.41 Å². The van der Waals surface area contributed by atoms with E-state index in [2.05, 4.69) is 5.32 Å². The van der Waals surface area contributed by atoms with Crippen molar-refractivity contribution in [3.63, 3.8) is 0 Å². The average Bonchev–Trinajstić information content (AvgIpc) is 3.24. The molecule has 1 aliphatic heterocycles. The van der Waals surface area contributed by atoms with Crippen LogP contribution in [-0.2, 0) is 9.59 Å². The molecule has 2 unspecified atom stereocenters. The summed E-state index contributed by atoms with van der Waals surface area (Å²) in [5.41, 5.74) is -0.294. The van der Waals surface area contributed by atoms with Crippen LogP contribution >= 0.6 is 0 Å². The molecule has 6 nitrogen and oxygen atoms in total. The number of nitrogens with one attached hydrogen (secondary N) is 1. The Kier molecular flexibility index (Phi) is 5.53. The Balaban J connectivity index is 1.77. The number of rotatable bonds is 6. The summed E-state index contributed by atoms with van der Waals surface area (Å²) in [4.78, 5) is 39.4. The van der Waals surface area contributed by atoms with Crippen LogP contribution in [0.1, 0.15) is 49.9 Å². The monoisotopic (exact) mass is 372 g/mol. The van der Waals surface area contributed by atoms with E-state index in [4.69, 9.17) is 0 Å². The topological polar surface area (TPSA) is 86.7 Å². The lowest BCUT2D eigenvalue weighted by Crippen LogP contribution is -2.51. The molecule has 0 radical (unpaired) electrons. The summed E-state index contributed by atoms with van der Waals surface area (Å²) in [5.74, 6) is -1.26. The predicted octanol–water partition coefficient (Wildman–Crippen LogP) is 2.54. The minimum Gasteiger partial charge on any atom is -0.481 e. The maximum absolute atomic E-state index is 13.2. The number of hydrogen-bond acceptors (Lipinski definition) is 3. The van der Waals surface area contributed by atoms with Gasteiger partial charge in [-0.15, -0.1) is 0 Å². The highest BCUT2D eigenvalue weighted by atomic mass is 16.4. The molecule has 1 aromatic carbocycles. The largest absolute Gasteiger partial charge is 0.481 e. The number of hydrogen-bond donors (Lipinski definition) is 2. The van der Waals surface area contributed by atoms with Crippen molar-refractivity contribution in [1.82, 2.24) is 10.2 Å². The highest BCUT2D eigenvalue weighted by Gasteiger charge is 2.56. The molecule has 1 aliphatic carbocycles. The van der Waals surface area contributed by atoms with Crippen LogP contribution in [0.3, 0.4) is 0 Å². The van der Waals surface area contributed by atoms with Crippen molar-refractivity contribution in [3.05, 3.63) is 35.9 Å². The quantitative estimate of drug-likeness (QED) is 0.803. The number of benzene rings is 1. The minimum absolute atomic E-state index is 0.0151. The zero-order valence-electron chi connectivity index (χ0n) is 16.0. The van der Waals surface area contributed by atoms with Gasteiger partial charge in [-0.25, -0.2) is 0 Å². The van der Waals surface area contributed by atoms with E-state index in [1.807, 2.05) is 19.9 Å². The molecule has 2 aliphatic rings. The van der Waals surface area contributed by atoms with Crippen LogP contribution in [-0.4, -0.2) is 46.9 Å². The lowest BCUT2D eigenvalue weighted by molar-refractivity contribution is -0.149. The number of carbonyl (C=O) groups is 3. The molecule has 1 aromatic rings. The Bertz CT molecular complexity index is 720. The van der Waals surface area contributed by atoms with E-state index in [0.717, 1.165) is 19.3 Å². The van der Waals surface area contributed by atoms with Crippen LogP contribution in [0.25, 0.3) is 0 Å². The number of aliphatic carboxylic acids is 1. The minimum atomic E-state index is -0.806. The molecule has 2 N–H and O–H groups in total. The van der Waals surface area contributed by atoms with Gasteiger partial charge in [0, 0.05) is 18.7 Å². The van der Waals surface area contributed by atoms with Crippen molar-refractivity contribution in [3.8, 4) is 0 Å². The zero-order valence-corrected chi connectivity index (χ0v) is 16.0. The van der Waals surface area contributed by atoms with Crippen molar-refractivity contribution in [1.29, 1.82) is 0 Å². The summed E-state index contributed by atoms with van der Waals surface area (Å²) in [7, 11) is 0. The molecule has 1 saturated carbocycles. The first kappa shape index (κ1) is 19.4. The van der Waals surface area contributed by atoms with Crippen LogP contribution in [0, 0.1) is 17.3 Å². The second-order valence-electron chi connectivity index (χ2n) is 7.97. The van der Waals surface area contributed by atoms with E-state index in [9.17, 15) is 19.5 Å². The maximum atomic E-state index is 13.2. The van der Waals surface area contributed by atoms with Crippen molar-refractivity contribution >= 4 is 17.8 Å². The summed E-state index contributed by atoms with van der Waals surface area (Å²) in [6.45, 7) is 4.65. The number of likely N-dealkylation sites (tertiary alicyclic amines) is 1. The normalized spacial score (nSPS) is 26.3. The third-order valence-corrected chi connectivity index (χ3v) is 6.41. The molecule has 146 valence electrons. The van der Waals surface area contributed by atoms with E-state index >= 15 is 0 Å². The molecule has 4 atom stereocenters. The summed E-state index contributed by atoms with van der Waals surface area (Å²) in [6, 6.07) is 8.19. The van der Waals surface area contributed by atoms with Crippen LogP contribution in [0.4, 0.5) is 0 Å². The highest BCUT2D eigenvalue weighted by molar-refractivity contribution is 5.97. The Labute approximate surface area is 159 Å². The number of amides is 2. The van der Waals surface area contributed by atoms with E-state index < -0.39 is 17.4 Å². The van der Waals surface area contributed by atoms with Gasteiger partial charge in [0.15, 0.2) is 0 Å². The lowest BCUT2D eigenvalue weighted by atomic mass is 9.81. The molecule has 0 spiro atoms. The van der Waals surface area contributed by atoms with Gasteiger partial charge in [-0.1, -0.05) is 44.9 Å². The molecule has 1 saturated heterocycles. The van der Waals surface area contributed by atoms with Gasteiger partial charge in [-0.2, -0.15) is 0 Å². The summed E-state index contributed by atoms with van der Waals surface area (Å²) < 4.78 is 0. The number of carboxylic acid groups (broad SMARTS) is 1. The van der Waals surface area contributed by atoms with Gasteiger partial charge < -0.3 is 15.3 Å². The fraction of sp³-hybridized carbons (Fsp3) is 0.571. The van der Waals surface area contributed by atoms with E-state index in [0.29, 0.717) is 18.5 Å². The SMILES string of the molecule is CCC(C)C(NC(=O)c1ccccc1)C(=O)N1C[C@@H]2CCC[C@@]2(C(=O)O)C1. The predicted molar refractivity (Wildman–Crippen MR) is 101 cm³/mol. The highest BCUT2D eigenvalue weighted by Crippen LogP contribution is 2.49. The molecule has 0 aromatic heterocycles. The summed E-state index contributed by atoms with van der Waals surface area (Å²) in [6.07, 6.45) is 3.12. The smallest absolute Gasteiger partial charge is 0.311 e. The second kappa shape index (κ2) is 7.71. The van der Waals surface area contributed by atoms with Gasteiger partial charge in [0.2, 0.25) is 5.91 Å². The fourth-order valence-electron chi connectivity index (χ4n) is 4.50. The van der Waals surface area contributed by atoms with Crippen molar-refractivity contribution < 1.29 is 19.5 Å². The van der Waals surface area contributed by atoms with Crippen LogP contribution in [0.5, 0.6) is 0 Å². The summed E-state index contributed by atoms with van der Waals surface area (Å²) >= 11 is 0. The Morgan fingerprint density at radius 2 is 2.00 bits per heavy atom. The van der Waals surface area contributed by atoms with Crippen LogP contribution in [0.15, 0.2) is 30.3 Å². The second-order valence-corrected chi connectivity index (χ2v) is 7.97. The third-order valence-electron chi connectivity index (χ3n) is 6.41. The maximum Gasteiger partial charge on any atom is 0.311 e. The van der Waals surface area contributed by atoms with E-state index in [1.54, 1.807) is 29.2 Å². The Hall–Kier alpha value is -2.37. The molecule has 1 heterocycles. The summed E-state index contributed by atoms with van der Waals surface area (Å²) in [5, 5.41) is 12.6. The number of fused-ring (bicyclic) bond motifs is 1. The molecule has 2 fully saturated rings. The van der Waals surface area contributed by atoms with Crippen LogP contribution in [0.2, 0.25) is 0 Å². The Morgan fingerprint density at radius 1 is 1.30 bits per heavy atom. The van der Waals surface area contributed by atoms with E-state index in [1.165, 1.54) is 0 Å². The fourth-order valence-corrected chi connectivity index (χ4v) is 4.50. The molecule has 0 bridgehead atoms. The van der Waals surface area contributed by atoms with Gasteiger partial charge in [0.1, 0.15) is 6.04 Å². The molecule has 2 amide bonds. The molecular formula is C21H28N2O4. The standard InChI is InChI=1S/C21H28N2O4/c1-3-14(2)17(22-18(24)15-8-5-4-6-9-15)19(25)23-12-16-10-7-11-21(16,13-23)20(26)27/h4-6,8-9,14,16-17H,3,7,10-13H2,1-2H3,(H,22,24)(H,26,27)/t14?,16-,17?,21+/m0/s1. The first-order valence-electron chi connectivity index (χ1n) is 9.77. The average molecular weight is 372 g/mol. The molecule has 3 rings (SSSR count). The number of nitrogens with zero attached hydrogens (tertiary/aromatic N) is 1. The molecule has 6 heteroatoms. The Morgan fingerprint density at radius 3 is 2.59 bits per heavy atom.